The zero-order chi connectivity index (χ0) is 20.4. The summed E-state index contributed by atoms with van der Waals surface area (Å²) in [6.07, 6.45) is 1.94. The van der Waals surface area contributed by atoms with Crippen LogP contribution in [-0.4, -0.2) is 20.4 Å². The number of nitrogens with one attached hydrogen (secondary N) is 1. The highest BCUT2D eigenvalue weighted by atomic mass is 16.5. The van der Waals surface area contributed by atoms with E-state index in [9.17, 15) is 4.79 Å². The Labute approximate surface area is 168 Å². The molecule has 1 N–H and O–H groups in total. The molecule has 29 heavy (non-hydrogen) atoms. The number of hydrogen-bond donors (Lipinski definition) is 1. The number of amides is 1. The average Bonchev–Trinajstić information content (AvgIpc) is 3.29. The number of benzene rings is 1. The molecule has 0 aliphatic rings. The van der Waals surface area contributed by atoms with Crippen LogP contribution >= 0.6 is 0 Å². The molecule has 0 saturated carbocycles. The maximum absolute atomic E-state index is 12.4. The number of carbonyl (C=O) groups excluding carboxylic acids is 1. The Kier molecular flexibility index (Phi) is 5.03. The molecule has 7 heteroatoms. The summed E-state index contributed by atoms with van der Waals surface area (Å²) in [7, 11) is 0. The van der Waals surface area contributed by atoms with Crippen LogP contribution in [0.4, 0.5) is 0 Å². The molecule has 1 amide bonds. The fourth-order valence-corrected chi connectivity index (χ4v) is 3.12. The van der Waals surface area contributed by atoms with Gasteiger partial charge >= 0.3 is 0 Å². The Morgan fingerprint density at radius 2 is 1.93 bits per heavy atom. The van der Waals surface area contributed by atoms with Gasteiger partial charge in [0.05, 0.1) is 23.5 Å². The van der Waals surface area contributed by atoms with E-state index < -0.39 is 0 Å². The van der Waals surface area contributed by atoms with Gasteiger partial charge in [-0.2, -0.15) is 0 Å². The maximum atomic E-state index is 12.4. The van der Waals surface area contributed by atoms with Crippen LogP contribution in [0.5, 0.6) is 5.75 Å². The molecule has 3 aromatic heterocycles. The number of imidazole rings is 1. The molecule has 1 aromatic carbocycles. The highest BCUT2D eigenvalue weighted by Crippen LogP contribution is 2.18. The van der Waals surface area contributed by atoms with Crippen LogP contribution in [0, 0.1) is 20.8 Å². The van der Waals surface area contributed by atoms with Crippen molar-refractivity contribution >= 4 is 11.6 Å². The van der Waals surface area contributed by atoms with Gasteiger partial charge in [0.2, 0.25) is 0 Å². The third kappa shape index (κ3) is 3.99. The molecule has 0 saturated heterocycles. The van der Waals surface area contributed by atoms with Crippen molar-refractivity contribution in [1.82, 2.24) is 19.9 Å². The van der Waals surface area contributed by atoms with Crippen molar-refractivity contribution < 1.29 is 14.1 Å². The molecule has 0 unspecified atom stereocenters. The van der Waals surface area contributed by atoms with E-state index in [1.807, 2.05) is 49.6 Å². The van der Waals surface area contributed by atoms with E-state index >= 15 is 0 Å². The zero-order valence-corrected chi connectivity index (χ0v) is 16.6. The molecule has 0 fully saturated rings. The maximum Gasteiger partial charge on any atom is 0.251 e. The number of ether oxygens (including phenoxy) is 1. The van der Waals surface area contributed by atoms with Gasteiger partial charge in [0.1, 0.15) is 23.8 Å². The molecule has 0 atom stereocenters. The van der Waals surface area contributed by atoms with Crippen molar-refractivity contribution in [3.63, 3.8) is 0 Å². The average molecular weight is 390 g/mol. The number of pyridine rings is 1. The van der Waals surface area contributed by atoms with Gasteiger partial charge in [-0.25, -0.2) is 4.98 Å². The minimum absolute atomic E-state index is 0.156. The first-order valence-corrected chi connectivity index (χ1v) is 9.37. The summed E-state index contributed by atoms with van der Waals surface area (Å²) in [5.41, 5.74) is 5.10. The number of aromatic nitrogens is 3. The van der Waals surface area contributed by atoms with Gasteiger partial charge in [-0.05, 0) is 57.2 Å². The Bertz CT molecular complexity index is 1140. The summed E-state index contributed by atoms with van der Waals surface area (Å²) in [5.74, 6) is 1.27. The molecule has 0 radical (unpaired) electrons. The van der Waals surface area contributed by atoms with E-state index in [0.717, 1.165) is 34.1 Å². The van der Waals surface area contributed by atoms with Gasteiger partial charge < -0.3 is 19.0 Å². The quantitative estimate of drug-likeness (QED) is 0.542. The van der Waals surface area contributed by atoms with Crippen LogP contribution < -0.4 is 10.1 Å². The lowest BCUT2D eigenvalue weighted by atomic mass is 10.2. The molecule has 0 spiro atoms. The third-order valence-corrected chi connectivity index (χ3v) is 4.86. The predicted octanol–water partition coefficient (Wildman–Crippen LogP) is 3.76. The summed E-state index contributed by atoms with van der Waals surface area (Å²) in [6, 6.07) is 13.0. The Morgan fingerprint density at radius 3 is 2.62 bits per heavy atom. The van der Waals surface area contributed by atoms with Gasteiger partial charge in [0, 0.05) is 17.5 Å². The second kappa shape index (κ2) is 7.79. The first kappa shape index (κ1) is 18.7. The van der Waals surface area contributed by atoms with Crippen LogP contribution in [0.3, 0.4) is 0 Å². The fourth-order valence-electron chi connectivity index (χ4n) is 3.12. The molecular formula is C22H22N4O3. The minimum atomic E-state index is -0.156. The van der Waals surface area contributed by atoms with E-state index in [-0.39, 0.29) is 5.91 Å². The minimum Gasteiger partial charge on any atom is -0.489 e. The lowest BCUT2D eigenvalue weighted by Crippen LogP contribution is -2.22. The van der Waals surface area contributed by atoms with Crippen molar-refractivity contribution in [1.29, 1.82) is 0 Å². The number of carbonyl (C=O) groups is 1. The first-order chi connectivity index (χ1) is 14.0. The highest BCUT2D eigenvalue weighted by molar-refractivity contribution is 5.94. The summed E-state index contributed by atoms with van der Waals surface area (Å²) >= 11 is 0. The van der Waals surface area contributed by atoms with Gasteiger partial charge in [-0.3, -0.25) is 4.79 Å². The number of aryl methyl sites for hydroxylation is 3. The van der Waals surface area contributed by atoms with Crippen LogP contribution in [0.25, 0.3) is 5.65 Å². The normalized spacial score (nSPS) is 11.0. The molecule has 0 bridgehead atoms. The molecule has 4 aromatic rings. The standard InChI is InChI=1S/C22H22N4O3/c1-14-5-4-6-21-24-18(12-26(14)21)11-23-22(27)17-7-9-19(10-8-17)28-13-20-15(2)25-29-16(20)3/h4-10,12H,11,13H2,1-3H3,(H,23,27). The van der Waals surface area contributed by atoms with E-state index in [0.29, 0.717) is 24.5 Å². The fraction of sp³-hybridized carbons (Fsp3) is 0.227. The van der Waals surface area contributed by atoms with Crippen molar-refractivity contribution in [3.05, 3.63) is 82.6 Å². The number of rotatable bonds is 6. The number of hydrogen-bond acceptors (Lipinski definition) is 5. The van der Waals surface area contributed by atoms with Crippen LogP contribution in [0.2, 0.25) is 0 Å². The van der Waals surface area contributed by atoms with Gasteiger partial charge in [0.15, 0.2) is 0 Å². The third-order valence-electron chi connectivity index (χ3n) is 4.86. The molecule has 0 aliphatic carbocycles. The Balaban J connectivity index is 1.35. The van der Waals surface area contributed by atoms with Gasteiger partial charge in [0.25, 0.3) is 5.91 Å². The Morgan fingerprint density at radius 1 is 1.14 bits per heavy atom. The smallest absolute Gasteiger partial charge is 0.251 e. The predicted molar refractivity (Wildman–Crippen MR) is 108 cm³/mol. The molecule has 7 nitrogen and oxygen atoms in total. The molecule has 148 valence electrons. The van der Waals surface area contributed by atoms with E-state index in [1.165, 1.54) is 0 Å². The molecule has 4 rings (SSSR count). The molecule has 0 aliphatic heterocycles. The first-order valence-electron chi connectivity index (χ1n) is 9.37. The summed E-state index contributed by atoms with van der Waals surface area (Å²) in [6.45, 7) is 6.50. The SMILES string of the molecule is Cc1noc(C)c1COc1ccc(C(=O)NCc2cn3c(C)cccc3n2)cc1. The molecule has 3 heterocycles. The lowest BCUT2D eigenvalue weighted by Gasteiger charge is -2.07. The van der Waals surface area contributed by atoms with Crippen molar-refractivity contribution in [3.8, 4) is 5.75 Å². The number of nitrogens with zero attached hydrogens (tertiary/aromatic N) is 3. The van der Waals surface area contributed by atoms with Crippen molar-refractivity contribution in [2.24, 2.45) is 0 Å². The monoisotopic (exact) mass is 390 g/mol. The number of fused-ring (bicyclic) bond motifs is 1. The second-order valence-electron chi connectivity index (χ2n) is 6.93. The van der Waals surface area contributed by atoms with E-state index in [2.05, 4.69) is 15.5 Å². The summed E-state index contributed by atoms with van der Waals surface area (Å²) < 4.78 is 12.9. The topological polar surface area (TPSA) is 81.7 Å². The molecular weight excluding hydrogens is 368 g/mol. The summed E-state index contributed by atoms with van der Waals surface area (Å²) in [5, 5.41) is 6.82. The lowest BCUT2D eigenvalue weighted by molar-refractivity contribution is 0.0950. The van der Waals surface area contributed by atoms with Gasteiger partial charge in [-0.1, -0.05) is 11.2 Å². The van der Waals surface area contributed by atoms with Crippen LogP contribution in [0.15, 0.2) is 53.2 Å². The van der Waals surface area contributed by atoms with Crippen LogP contribution in [0.1, 0.15) is 38.8 Å². The Hall–Kier alpha value is -3.61. The van der Waals surface area contributed by atoms with Crippen LogP contribution in [-0.2, 0) is 13.2 Å². The van der Waals surface area contributed by atoms with Crippen molar-refractivity contribution in [2.45, 2.75) is 33.9 Å². The highest BCUT2D eigenvalue weighted by Gasteiger charge is 2.11. The van der Waals surface area contributed by atoms with Crippen molar-refractivity contribution in [2.75, 3.05) is 0 Å². The zero-order valence-electron chi connectivity index (χ0n) is 16.6. The largest absolute Gasteiger partial charge is 0.489 e. The van der Waals surface area contributed by atoms with E-state index in [1.54, 1.807) is 24.3 Å². The second-order valence-corrected chi connectivity index (χ2v) is 6.93. The summed E-state index contributed by atoms with van der Waals surface area (Å²) in [4.78, 5) is 17.0. The van der Waals surface area contributed by atoms with E-state index in [4.69, 9.17) is 9.26 Å². The van der Waals surface area contributed by atoms with Gasteiger partial charge in [-0.15, -0.1) is 0 Å².